The minimum absolute atomic E-state index is 0.0238. The molecule has 0 radical (unpaired) electrons. The van der Waals surface area contributed by atoms with Crippen molar-refractivity contribution in [3.8, 4) is 0 Å². The summed E-state index contributed by atoms with van der Waals surface area (Å²) in [7, 11) is 1.57. The third kappa shape index (κ3) is 2.91. The predicted molar refractivity (Wildman–Crippen MR) is 106 cm³/mol. The van der Waals surface area contributed by atoms with E-state index in [0.29, 0.717) is 6.54 Å². The average Bonchev–Trinajstić information content (AvgIpc) is 3.06. The van der Waals surface area contributed by atoms with Gasteiger partial charge in [-0.15, -0.1) is 11.8 Å². The van der Waals surface area contributed by atoms with E-state index in [-0.39, 0.29) is 18.6 Å². The highest BCUT2D eigenvalue weighted by atomic mass is 32.2. The standard InChI is InChI=1S/C21H22N2O2S/c1-25-13-19(24)23-12-11-17-16-5-3-4-6-18(16)22-20(17)21(23)14-7-9-15(26-2)10-8-14/h3-10,21-22H,11-13H2,1-2H3. The number of amides is 1. The van der Waals surface area contributed by atoms with Gasteiger partial charge in [0.15, 0.2) is 0 Å². The molecule has 1 aliphatic rings. The molecule has 0 spiro atoms. The van der Waals surface area contributed by atoms with E-state index < -0.39 is 0 Å². The quantitative estimate of drug-likeness (QED) is 0.710. The Balaban J connectivity index is 1.84. The molecule has 2 aromatic carbocycles. The van der Waals surface area contributed by atoms with E-state index in [1.807, 2.05) is 11.0 Å². The molecule has 0 fully saturated rings. The van der Waals surface area contributed by atoms with E-state index in [4.69, 9.17) is 4.74 Å². The van der Waals surface area contributed by atoms with Gasteiger partial charge < -0.3 is 14.6 Å². The maximum Gasteiger partial charge on any atom is 0.249 e. The van der Waals surface area contributed by atoms with Gasteiger partial charge in [0.25, 0.3) is 0 Å². The Labute approximate surface area is 157 Å². The summed E-state index contributed by atoms with van der Waals surface area (Å²) in [6, 6.07) is 16.8. The molecule has 5 heteroatoms. The van der Waals surface area contributed by atoms with Crippen LogP contribution in [0.4, 0.5) is 0 Å². The Morgan fingerprint density at radius 2 is 2.00 bits per heavy atom. The Morgan fingerprint density at radius 3 is 2.73 bits per heavy atom. The zero-order chi connectivity index (χ0) is 18.1. The van der Waals surface area contributed by atoms with Crippen LogP contribution in [0, 0.1) is 0 Å². The average molecular weight is 366 g/mol. The number of H-pyrrole nitrogens is 1. The number of fused-ring (bicyclic) bond motifs is 3. The van der Waals surface area contributed by atoms with Gasteiger partial charge in [0.1, 0.15) is 6.61 Å². The van der Waals surface area contributed by atoms with E-state index in [1.165, 1.54) is 15.8 Å². The summed E-state index contributed by atoms with van der Waals surface area (Å²) in [6.45, 7) is 0.806. The number of aromatic nitrogens is 1. The summed E-state index contributed by atoms with van der Waals surface area (Å²) < 4.78 is 5.12. The topological polar surface area (TPSA) is 45.3 Å². The number of hydrogen-bond donors (Lipinski definition) is 1. The van der Waals surface area contributed by atoms with Crippen molar-refractivity contribution in [2.24, 2.45) is 0 Å². The summed E-state index contributed by atoms with van der Waals surface area (Å²) in [5, 5.41) is 1.26. The van der Waals surface area contributed by atoms with Gasteiger partial charge in [-0.3, -0.25) is 4.79 Å². The largest absolute Gasteiger partial charge is 0.375 e. The number of carbonyl (C=O) groups excluding carboxylic acids is 1. The van der Waals surface area contributed by atoms with E-state index in [1.54, 1.807) is 18.9 Å². The van der Waals surface area contributed by atoms with Crippen LogP contribution in [-0.4, -0.2) is 42.3 Å². The van der Waals surface area contributed by atoms with Crippen LogP contribution in [0.2, 0.25) is 0 Å². The van der Waals surface area contributed by atoms with E-state index in [2.05, 4.69) is 53.7 Å². The highest BCUT2D eigenvalue weighted by Gasteiger charge is 2.34. The fourth-order valence-corrected chi connectivity index (χ4v) is 4.26. The lowest BCUT2D eigenvalue weighted by atomic mass is 9.92. The minimum atomic E-state index is -0.107. The second-order valence-electron chi connectivity index (χ2n) is 6.51. The van der Waals surface area contributed by atoms with Gasteiger partial charge in [0.05, 0.1) is 6.04 Å². The second-order valence-corrected chi connectivity index (χ2v) is 7.39. The van der Waals surface area contributed by atoms with Crippen molar-refractivity contribution in [2.75, 3.05) is 26.5 Å². The van der Waals surface area contributed by atoms with Crippen LogP contribution in [0.1, 0.15) is 22.9 Å². The Hall–Kier alpha value is -2.24. The number of methoxy groups -OCH3 is 1. The number of aromatic amines is 1. The molecule has 4 rings (SSSR count). The summed E-state index contributed by atoms with van der Waals surface area (Å²) in [4.78, 5) is 19.5. The highest BCUT2D eigenvalue weighted by molar-refractivity contribution is 7.98. The first-order valence-corrected chi connectivity index (χ1v) is 9.97. The molecule has 134 valence electrons. The molecule has 0 saturated heterocycles. The summed E-state index contributed by atoms with van der Waals surface area (Å²) in [5.74, 6) is 0.0238. The molecule has 2 heterocycles. The van der Waals surface area contributed by atoms with Crippen molar-refractivity contribution in [1.82, 2.24) is 9.88 Å². The first kappa shape index (κ1) is 17.2. The van der Waals surface area contributed by atoms with Crippen molar-refractivity contribution in [3.63, 3.8) is 0 Å². The first-order valence-electron chi connectivity index (χ1n) is 8.74. The highest BCUT2D eigenvalue weighted by Crippen LogP contribution is 2.38. The Kier molecular flexibility index (Phi) is 4.74. The van der Waals surface area contributed by atoms with E-state index in [9.17, 15) is 4.79 Å². The van der Waals surface area contributed by atoms with Crippen molar-refractivity contribution in [1.29, 1.82) is 0 Å². The smallest absolute Gasteiger partial charge is 0.249 e. The molecular formula is C21H22N2O2S. The predicted octanol–water partition coefficient (Wildman–Crippen LogP) is 4.01. The van der Waals surface area contributed by atoms with Gasteiger partial charge in [-0.2, -0.15) is 0 Å². The zero-order valence-corrected chi connectivity index (χ0v) is 15.8. The lowest BCUT2D eigenvalue weighted by molar-refractivity contribution is -0.137. The molecule has 1 N–H and O–H groups in total. The fraction of sp³-hybridized carbons (Fsp3) is 0.286. The van der Waals surface area contributed by atoms with Crippen molar-refractivity contribution in [3.05, 3.63) is 65.4 Å². The number of carbonyl (C=O) groups is 1. The van der Waals surface area contributed by atoms with Gasteiger partial charge in [-0.25, -0.2) is 0 Å². The van der Waals surface area contributed by atoms with Crippen LogP contribution < -0.4 is 0 Å². The minimum Gasteiger partial charge on any atom is -0.375 e. The molecule has 0 saturated carbocycles. The Morgan fingerprint density at radius 1 is 1.23 bits per heavy atom. The molecule has 1 aromatic heterocycles. The third-order valence-electron chi connectivity index (χ3n) is 5.05. The molecular weight excluding hydrogens is 344 g/mol. The van der Waals surface area contributed by atoms with Crippen LogP contribution in [0.5, 0.6) is 0 Å². The van der Waals surface area contributed by atoms with Crippen LogP contribution in [0.3, 0.4) is 0 Å². The fourth-order valence-electron chi connectivity index (χ4n) is 3.85. The first-order chi connectivity index (χ1) is 12.7. The van der Waals surface area contributed by atoms with Crippen LogP contribution in [0.25, 0.3) is 10.9 Å². The number of benzene rings is 2. The zero-order valence-electron chi connectivity index (χ0n) is 15.0. The maximum absolute atomic E-state index is 12.7. The molecule has 4 nitrogen and oxygen atoms in total. The van der Waals surface area contributed by atoms with E-state index >= 15 is 0 Å². The van der Waals surface area contributed by atoms with Gasteiger partial charge in [0.2, 0.25) is 5.91 Å². The Bertz CT molecular complexity index is 933. The number of para-hydroxylation sites is 1. The second kappa shape index (κ2) is 7.17. The van der Waals surface area contributed by atoms with Crippen LogP contribution in [-0.2, 0) is 16.0 Å². The lowest BCUT2D eigenvalue weighted by Crippen LogP contribution is -2.42. The molecule has 1 aliphatic heterocycles. The molecule has 0 aliphatic carbocycles. The third-order valence-corrected chi connectivity index (χ3v) is 5.80. The number of ether oxygens (including phenoxy) is 1. The molecule has 0 bridgehead atoms. The van der Waals surface area contributed by atoms with Crippen molar-refractivity contribution in [2.45, 2.75) is 17.4 Å². The molecule has 3 aromatic rings. The monoisotopic (exact) mass is 366 g/mol. The number of hydrogen-bond acceptors (Lipinski definition) is 3. The van der Waals surface area contributed by atoms with Gasteiger partial charge in [0, 0.05) is 35.1 Å². The normalized spacial score (nSPS) is 16.7. The lowest BCUT2D eigenvalue weighted by Gasteiger charge is -2.36. The summed E-state index contributed by atoms with van der Waals surface area (Å²) >= 11 is 1.72. The van der Waals surface area contributed by atoms with Gasteiger partial charge >= 0.3 is 0 Å². The summed E-state index contributed by atoms with van der Waals surface area (Å²) in [5.41, 5.74) is 4.70. The van der Waals surface area contributed by atoms with E-state index in [0.717, 1.165) is 23.2 Å². The SMILES string of the molecule is COCC(=O)N1CCc2c([nH]c3ccccc23)C1c1ccc(SC)cc1. The maximum atomic E-state index is 12.7. The number of thioether (sulfide) groups is 1. The van der Waals surface area contributed by atoms with Gasteiger partial charge in [-0.1, -0.05) is 30.3 Å². The number of rotatable bonds is 4. The van der Waals surface area contributed by atoms with Crippen LogP contribution in [0.15, 0.2) is 53.4 Å². The molecule has 1 amide bonds. The molecule has 26 heavy (non-hydrogen) atoms. The number of nitrogens with one attached hydrogen (secondary N) is 1. The van der Waals surface area contributed by atoms with Crippen LogP contribution >= 0.6 is 11.8 Å². The van der Waals surface area contributed by atoms with Crippen molar-refractivity contribution >= 4 is 28.6 Å². The van der Waals surface area contributed by atoms with Crippen molar-refractivity contribution < 1.29 is 9.53 Å². The molecule has 1 atom stereocenters. The summed E-state index contributed by atoms with van der Waals surface area (Å²) in [6.07, 6.45) is 2.92. The number of nitrogens with zero attached hydrogens (tertiary/aromatic N) is 1. The molecule has 1 unspecified atom stereocenters. The van der Waals surface area contributed by atoms with Gasteiger partial charge in [-0.05, 0) is 42.0 Å².